The molecule has 3 rings (SSSR count). The predicted octanol–water partition coefficient (Wildman–Crippen LogP) is 2.09. The molecule has 6 nitrogen and oxygen atoms in total. The largest absolute Gasteiger partial charge is 0.386 e. The fourth-order valence-electron chi connectivity index (χ4n) is 2.29. The highest BCUT2D eigenvalue weighted by atomic mass is 35.5. The molecule has 0 unspecified atom stereocenters. The topological polar surface area (TPSA) is 72.3 Å². The molecule has 2 N–H and O–H groups in total. The van der Waals surface area contributed by atoms with Gasteiger partial charge in [0.05, 0.1) is 25.0 Å². The van der Waals surface area contributed by atoms with E-state index in [0.29, 0.717) is 29.9 Å². The van der Waals surface area contributed by atoms with Gasteiger partial charge in [-0.1, -0.05) is 17.7 Å². The summed E-state index contributed by atoms with van der Waals surface area (Å²) in [7, 11) is 0. The lowest BCUT2D eigenvalue weighted by atomic mass is 10.2. The molecule has 0 fully saturated rings. The van der Waals surface area contributed by atoms with Gasteiger partial charge in [0.2, 0.25) is 0 Å². The molecule has 0 spiro atoms. The molecule has 2 aromatic heterocycles. The smallest absolute Gasteiger partial charge is 0.190 e. The summed E-state index contributed by atoms with van der Waals surface area (Å²) in [4.78, 5) is 10.7. The van der Waals surface area contributed by atoms with Crippen LogP contribution in [0.5, 0.6) is 0 Å². The van der Waals surface area contributed by atoms with Gasteiger partial charge in [-0.2, -0.15) is 5.10 Å². The van der Waals surface area contributed by atoms with Crippen LogP contribution in [0.2, 0.25) is 0 Å². The lowest BCUT2D eigenvalue weighted by Gasteiger charge is -2.28. The highest BCUT2D eigenvalue weighted by molar-refractivity contribution is 6.32. The van der Waals surface area contributed by atoms with Crippen molar-refractivity contribution in [3.8, 4) is 0 Å². The number of halogens is 1. The molecular weight excluding hydrogens is 300 g/mol. The Kier molecular flexibility index (Phi) is 3.85. The molecule has 1 aliphatic heterocycles. The number of hydrogen-bond acceptors (Lipinski definition) is 5. The van der Waals surface area contributed by atoms with Crippen LogP contribution in [0, 0.1) is 13.8 Å². The Bertz CT molecular complexity index is 761. The van der Waals surface area contributed by atoms with Gasteiger partial charge in [0, 0.05) is 12.4 Å². The van der Waals surface area contributed by atoms with E-state index in [4.69, 9.17) is 17.3 Å². The van der Waals surface area contributed by atoms with E-state index < -0.39 is 0 Å². The van der Waals surface area contributed by atoms with E-state index in [-0.39, 0.29) is 0 Å². The van der Waals surface area contributed by atoms with Crippen molar-refractivity contribution in [2.24, 2.45) is 10.7 Å². The van der Waals surface area contributed by atoms with Gasteiger partial charge in [0.1, 0.15) is 5.84 Å². The van der Waals surface area contributed by atoms with Crippen LogP contribution in [-0.4, -0.2) is 32.0 Å². The Morgan fingerprint density at radius 1 is 1.36 bits per heavy atom. The average Bonchev–Trinajstić information content (AvgIpc) is 2.91. The average molecular weight is 317 g/mol. The normalized spacial score (nSPS) is 15.2. The molecule has 3 heterocycles. The van der Waals surface area contributed by atoms with Crippen molar-refractivity contribution < 1.29 is 0 Å². The summed E-state index contributed by atoms with van der Waals surface area (Å²) in [6, 6.07) is 3.94. The molecule has 0 atom stereocenters. The van der Waals surface area contributed by atoms with Crippen LogP contribution in [0.15, 0.2) is 40.9 Å². The predicted molar refractivity (Wildman–Crippen MR) is 87.0 cm³/mol. The first kappa shape index (κ1) is 14.6. The minimum Gasteiger partial charge on any atom is -0.386 e. The highest BCUT2D eigenvalue weighted by Gasteiger charge is 2.22. The summed E-state index contributed by atoms with van der Waals surface area (Å²) in [5.74, 6) is 1.04. The number of aryl methyl sites for hydroxylation is 2. The zero-order valence-electron chi connectivity index (χ0n) is 12.5. The molecule has 1 aliphatic rings. The lowest BCUT2D eigenvalue weighted by Crippen LogP contribution is -2.36. The Balaban J connectivity index is 1.94. The van der Waals surface area contributed by atoms with Crippen molar-refractivity contribution in [2.45, 2.75) is 20.4 Å². The van der Waals surface area contributed by atoms with Gasteiger partial charge in [0.15, 0.2) is 11.0 Å². The van der Waals surface area contributed by atoms with E-state index in [1.54, 1.807) is 17.1 Å². The maximum absolute atomic E-state index is 6.51. The Morgan fingerprint density at radius 3 is 2.86 bits per heavy atom. The van der Waals surface area contributed by atoms with Crippen molar-refractivity contribution in [1.29, 1.82) is 0 Å². The van der Waals surface area contributed by atoms with Gasteiger partial charge in [-0.05, 0) is 31.0 Å². The fraction of sp³-hybridized carbons (Fsp3) is 0.267. The molecular formula is C15H17ClN6. The molecule has 0 amide bonds. The quantitative estimate of drug-likeness (QED) is 0.880. The summed E-state index contributed by atoms with van der Waals surface area (Å²) in [5.41, 5.74) is 9.08. The minimum atomic E-state index is 0.471. The van der Waals surface area contributed by atoms with Crippen LogP contribution >= 0.6 is 11.6 Å². The van der Waals surface area contributed by atoms with E-state index in [0.717, 1.165) is 16.8 Å². The van der Waals surface area contributed by atoms with Crippen LogP contribution in [0.25, 0.3) is 5.82 Å². The number of amidine groups is 1. The van der Waals surface area contributed by atoms with Gasteiger partial charge in [0.25, 0.3) is 0 Å². The van der Waals surface area contributed by atoms with E-state index in [9.17, 15) is 0 Å². The molecule has 7 heteroatoms. The van der Waals surface area contributed by atoms with Crippen LogP contribution in [0.4, 0.5) is 0 Å². The number of rotatable bonds is 3. The first-order valence-electron chi connectivity index (χ1n) is 6.94. The van der Waals surface area contributed by atoms with Crippen molar-refractivity contribution in [2.75, 3.05) is 6.54 Å². The van der Waals surface area contributed by atoms with E-state index >= 15 is 0 Å². The van der Waals surface area contributed by atoms with Gasteiger partial charge in [-0.3, -0.25) is 4.98 Å². The fourth-order valence-corrected chi connectivity index (χ4v) is 2.54. The van der Waals surface area contributed by atoms with Crippen molar-refractivity contribution in [3.63, 3.8) is 0 Å². The maximum atomic E-state index is 6.51. The third-order valence-corrected chi connectivity index (χ3v) is 3.86. The van der Waals surface area contributed by atoms with Gasteiger partial charge < -0.3 is 10.6 Å². The maximum Gasteiger partial charge on any atom is 0.190 e. The molecule has 114 valence electrons. The summed E-state index contributed by atoms with van der Waals surface area (Å²) in [6.45, 7) is 5.03. The second-order valence-electron chi connectivity index (χ2n) is 5.30. The number of nitrogens with two attached hydrogens (primary N) is 1. The molecule has 0 saturated carbocycles. The Morgan fingerprint density at radius 2 is 2.18 bits per heavy atom. The molecule has 0 aromatic carbocycles. The molecule has 0 aliphatic carbocycles. The highest BCUT2D eigenvalue weighted by Crippen LogP contribution is 2.25. The molecule has 2 aromatic rings. The standard InChI is InChI=1S/C15H17ClN6/c1-10-6-19-22(7-10)15-14(16)21(9-13(17)20-15)8-12-11(2)4-3-5-18-12/h3-7H,8-9H2,1-2H3,(H2,17,20). The number of hydrogen-bond donors (Lipinski definition) is 1. The molecule has 0 saturated heterocycles. The summed E-state index contributed by atoms with van der Waals surface area (Å²) in [6.07, 6.45) is 5.40. The van der Waals surface area contributed by atoms with E-state index in [1.165, 1.54) is 0 Å². The van der Waals surface area contributed by atoms with Crippen LogP contribution in [-0.2, 0) is 6.54 Å². The number of pyridine rings is 1. The SMILES string of the molecule is Cc1cnn(C2=C(Cl)N(Cc3ncccc3C)CC(N)=N2)c1. The first-order valence-corrected chi connectivity index (χ1v) is 7.32. The minimum absolute atomic E-state index is 0.471. The number of aromatic nitrogens is 3. The number of nitrogens with zero attached hydrogens (tertiary/aromatic N) is 5. The van der Waals surface area contributed by atoms with Crippen LogP contribution < -0.4 is 5.73 Å². The Hall–Kier alpha value is -2.34. The third kappa shape index (κ3) is 2.82. The third-order valence-electron chi connectivity index (χ3n) is 3.45. The Labute approximate surface area is 133 Å². The monoisotopic (exact) mass is 316 g/mol. The summed E-state index contributed by atoms with van der Waals surface area (Å²) < 4.78 is 1.64. The summed E-state index contributed by atoms with van der Waals surface area (Å²) in [5, 5.41) is 4.77. The molecule has 22 heavy (non-hydrogen) atoms. The van der Waals surface area contributed by atoms with Crippen molar-refractivity contribution >= 4 is 23.3 Å². The first-order chi connectivity index (χ1) is 10.5. The van der Waals surface area contributed by atoms with Crippen LogP contribution in [0.3, 0.4) is 0 Å². The van der Waals surface area contributed by atoms with Crippen molar-refractivity contribution in [3.05, 3.63) is 52.7 Å². The van der Waals surface area contributed by atoms with E-state index in [1.807, 2.05) is 37.1 Å². The zero-order valence-corrected chi connectivity index (χ0v) is 13.2. The van der Waals surface area contributed by atoms with Gasteiger partial charge in [-0.15, -0.1) is 0 Å². The second kappa shape index (κ2) is 5.81. The van der Waals surface area contributed by atoms with Gasteiger partial charge >= 0.3 is 0 Å². The van der Waals surface area contributed by atoms with E-state index in [2.05, 4.69) is 15.1 Å². The molecule has 0 bridgehead atoms. The number of aliphatic imine (C=N–C) groups is 1. The zero-order chi connectivity index (χ0) is 15.7. The lowest BCUT2D eigenvalue weighted by molar-refractivity contribution is 0.394. The van der Waals surface area contributed by atoms with Crippen LogP contribution in [0.1, 0.15) is 16.8 Å². The van der Waals surface area contributed by atoms with Crippen molar-refractivity contribution in [1.82, 2.24) is 19.7 Å². The summed E-state index contributed by atoms with van der Waals surface area (Å²) >= 11 is 6.51. The second-order valence-corrected chi connectivity index (χ2v) is 5.66. The molecule has 0 radical (unpaired) electrons. The van der Waals surface area contributed by atoms with Gasteiger partial charge in [-0.25, -0.2) is 9.67 Å².